The van der Waals surface area contributed by atoms with Gasteiger partial charge in [0.25, 0.3) is 0 Å². The van der Waals surface area contributed by atoms with Gasteiger partial charge in [-0.25, -0.2) is 0 Å². The summed E-state index contributed by atoms with van der Waals surface area (Å²) < 4.78 is 0. The van der Waals surface area contributed by atoms with Crippen LogP contribution in [-0.2, 0) is 19.2 Å². The largest absolute Gasteiger partial charge is 0.480 e. The van der Waals surface area contributed by atoms with E-state index in [9.17, 15) is 24.3 Å². The zero-order valence-electron chi connectivity index (χ0n) is 15.8. The van der Waals surface area contributed by atoms with Gasteiger partial charge in [0.2, 0.25) is 17.7 Å². The van der Waals surface area contributed by atoms with Crippen molar-refractivity contribution in [1.82, 2.24) is 16.0 Å². The number of aliphatic carboxylic acids is 1. The van der Waals surface area contributed by atoms with Crippen LogP contribution in [0.5, 0.6) is 0 Å². The quantitative estimate of drug-likeness (QED) is 0.0897. The fourth-order valence-corrected chi connectivity index (χ4v) is 1.95. The molecule has 28 heavy (non-hydrogen) atoms. The summed E-state index contributed by atoms with van der Waals surface area (Å²) in [4.78, 5) is 50.5. The van der Waals surface area contributed by atoms with E-state index in [0.717, 1.165) is 0 Å². The Morgan fingerprint density at radius 3 is 2.14 bits per heavy atom. The Kier molecular flexibility index (Phi) is 11.2. The fraction of sp³-hybridized carbons (Fsp3) is 0.667. The summed E-state index contributed by atoms with van der Waals surface area (Å²) in [7, 11) is 0. The molecule has 160 valence electrons. The molecule has 0 aliphatic heterocycles. The molecule has 0 aliphatic rings. The van der Waals surface area contributed by atoms with E-state index in [0.29, 0.717) is 6.42 Å². The molecule has 13 nitrogen and oxygen atoms in total. The molecule has 0 heterocycles. The van der Waals surface area contributed by atoms with Gasteiger partial charge in [-0.2, -0.15) is 0 Å². The molecule has 0 saturated heterocycles. The van der Waals surface area contributed by atoms with Gasteiger partial charge in [0.15, 0.2) is 5.96 Å². The average Bonchev–Trinajstić information content (AvgIpc) is 2.60. The molecule has 4 unspecified atom stereocenters. The van der Waals surface area contributed by atoms with E-state index in [1.54, 1.807) is 0 Å². The van der Waals surface area contributed by atoms with E-state index < -0.39 is 54.5 Å². The van der Waals surface area contributed by atoms with Crippen molar-refractivity contribution in [2.24, 2.45) is 22.2 Å². The summed E-state index contributed by atoms with van der Waals surface area (Å²) >= 11 is 0. The standard InChI is InChI=1S/C15H29N7O6/c1-7(12(26)20-6-10(24)25)21-13(27)9(4-3-5-19-15(17)18)22-14(28)11(16)8(2)23/h7-9,11,23H,3-6,16H2,1-2H3,(H,20,26)(H,21,27)(H,22,28)(H,24,25)(H4,17,18,19). The summed E-state index contributed by atoms with van der Waals surface area (Å²) in [5.41, 5.74) is 16.0. The molecular formula is C15H29N7O6. The second-order valence-corrected chi connectivity index (χ2v) is 6.12. The van der Waals surface area contributed by atoms with Crippen molar-refractivity contribution in [2.45, 2.75) is 50.9 Å². The predicted molar refractivity (Wildman–Crippen MR) is 99.7 cm³/mol. The van der Waals surface area contributed by atoms with Crippen molar-refractivity contribution in [3.8, 4) is 0 Å². The number of carboxylic acids is 1. The molecule has 4 atom stereocenters. The van der Waals surface area contributed by atoms with Gasteiger partial charge < -0.3 is 43.4 Å². The van der Waals surface area contributed by atoms with Gasteiger partial charge in [-0.1, -0.05) is 0 Å². The summed E-state index contributed by atoms with van der Waals surface area (Å²) in [6.07, 6.45) is -0.671. The van der Waals surface area contributed by atoms with E-state index in [1.165, 1.54) is 13.8 Å². The van der Waals surface area contributed by atoms with Crippen LogP contribution in [0, 0.1) is 0 Å². The number of hydrogen-bond donors (Lipinski definition) is 8. The first-order valence-corrected chi connectivity index (χ1v) is 8.55. The minimum Gasteiger partial charge on any atom is -0.480 e. The highest BCUT2D eigenvalue weighted by Crippen LogP contribution is 2.01. The molecule has 0 radical (unpaired) electrons. The molecule has 0 aromatic heterocycles. The van der Waals surface area contributed by atoms with Crippen molar-refractivity contribution in [2.75, 3.05) is 13.1 Å². The molecule has 0 spiro atoms. The van der Waals surface area contributed by atoms with E-state index in [-0.39, 0.29) is 18.9 Å². The van der Waals surface area contributed by atoms with Crippen LogP contribution in [0.4, 0.5) is 0 Å². The minimum atomic E-state index is -1.25. The lowest BCUT2D eigenvalue weighted by Gasteiger charge is -2.23. The number of aliphatic imine (C=N–C) groups is 1. The monoisotopic (exact) mass is 403 g/mol. The molecule has 13 heteroatoms. The molecule has 11 N–H and O–H groups in total. The van der Waals surface area contributed by atoms with Gasteiger partial charge in [-0.15, -0.1) is 0 Å². The Balaban J connectivity index is 4.96. The number of rotatable bonds is 12. The van der Waals surface area contributed by atoms with Crippen molar-refractivity contribution >= 4 is 29.7 Å². The Bertz CT molecular complexity index is 591. The maximum atomic E-state index is 12.4. The van der Waals surface area contributed by atoms with Crippen LogP contribution in [0.2, 0.25) is 0 Å². The lowest BCUT2D eigenvalue weighted by molar-refractivity contribution is -0.138. The van der Waals surface area contributed by atoms with E-state index >= 15 is 0 Å². The van der Waals surface area contributed by atoms with Gasteiger partial charge >= 0.3 is 5.97 Å². The highest BCUT2D eigenvalue weighted by atomic mass is 16.4. The average molecular weight is 403 g/mol. The zero-order chi connectivity index (χ0) is 21.9. The maximum absolute atomic E-state index is 12.4. The topological polar surface area (TPSA) is 235 Å². The number of carbonyl (C=O) groups excluding carboxylic acids is 3. The molecule has 0 aromatic rings. The number of aliphatic hydroxyl groups excluding tert-OH is 1. The number of carbonyl (C=O) groups is 4. The molecule has 0 rings (SSSR count). The second kappa shape index (κ2) is 12.5. The number of nitrogens with two attached hydrogens (primary N) is 3. The van der Waals surface area contributed by atoms with Crippen LogP contribution in [0.15, 0.2) is 4.99 Å². The van der Waals surface area contributed by atoms with Crippen molar-refractivity contribution in [1.29, 1.82) is 0 Å². The molecule has 3 amide bonds. The van der Waals surface area contributed by atoms with Crippen molar-refractivity contribution in [3.63, 3.8) is 0 Å². The first-order valence-electron chi connectivity index (χ1n) is 8.55. The normalized spacial score (nSPS) is 14.7. The smallest absolute Gasteiger partial charge is 0.322 e. The Hall–Kier alpha value is -2.93. The Labute approximate surface area is 162 Å². The van der Waals surface area contributed by atoms with Crippen molar-refractivity contribution < 1.29 is 29.4 Å². The number of aliphatic hydroxyl groups is 1. The number of guanidine groups is 1. The third kappa shape index (κ3) is 10.3. The number of carboxylic acid groups (broad SMARTS) is 1. The summed E-state index contributed by atoms with van der Waals surface area (Å²) in [5.74, 6) is -3.50. The lowest BCUT2D eigenvalue weighted by atomic mass is 10.1. The maximum Gasteiger partial charge on any atom is 0.322 e. The summed E-state index contributed by atoms with van der Waals surface area (Å²) in [6.45, 7) is 2.29. The second-order valence-electron chi connectivity index (χ2n) is 6.12. The highest BCUT2D eigenvalue weighted by molar-refractivity contribution is 5.93. The first-order chi connectivity index (χ1) is 13.0. The predicted octanol–water partition coefficient (Wildman–Crippen LogP) is -4.06. The molecule has 0 aromatic carbocycles. The van der Waals surface area contributed by atoms with Crippen molar-refractivity contribution in [3.05, 3.63) is 0 Å². The molecule has 0 bridgehead atoms. The highest BCUT2D eigenvalue weighted by Gasteiger charge is 2.27. The van der Waals surface area contributed by atoms with Gasteiger partial charge in [-0.05, 0) is 26.7 Å². The number of nitrogens with zero attached hydrogens (tertiary/aromatic N) is 1. The number of nitrogens with one attached hydrogen (secondary N) is 3. The van der Waals surface area contributed by atoms with Crippen LogP contribution in [0.1, 0.15) is 26.7 Å². The number of amides is 3. The van der Waals surface area contributed by atoms with Gasteiger partial charge in [-0.3, -0.25) is 24.2 Å². The first kappa shape index (κ1) is 25.1. The summed E-state index contributed by atoms with van der Waals surface area (Å²) in [6, 6.07) is -3.36. The molecule has 0 fully saturated rings. The van der Waals surface area contributed by atoms with Gasteiger partial charge in [0.05, 0.1) is 6.10 Å². The SMILES string of the molecule is CC(NC(=O)C(CCCN=C(N)N)NC(=O)C(N)C(C)O)C(=O)NCC(=O)O. The van der Waals surface area contributed by atoms with E-state index in [2.05, 4.69) is 20.9 Å². The van der Waals surface area contributed by atoms with Crippen LogP contribution in [0.25, 0.3) is 0 Å². The fourth-order valence-electron chi connectivity index (χ4n) is 1.95. The van der Waals surface area contributed by atoms with Crippen LogP contribution < -0.4 is 33.2 Å². The van der Waals surface area contributed by atoms with E-state index in [1.807, 2.05) is 0 Å². The Morgan fingerprint density at radius 1 is 1.04 bits per heavy atom. The zero-order valence-corrected chi connectivity index (χ0v) is 15.8. The van der Waals surface area contributed by atoms with E-state index in [4.69, 9.17) is 22.3 Å². The lowest BCUT2D eigenvalue weighted by Crippen LogP contribution is -2.56. The van der Waals surface area contributed by atoms with Crippen LogP contribution in [0.3, 0.4) is 0 Å². The van der Waals surface area contributed by atoms with Gasteiger partial charge in [0, 0.05) is 6.54 Å². The molecule has 0 aliphatic carbocycles. The van der Waals surface area contributed by atoms with Crippen LogP contribution in [-0.4, -0.2) is 77.2 Å². The Morgan fingerprint density at radius 2 is 1.64 bits per heavy atom. The molecular weight excluding hydrogens is 374 g/mol. The third-order valence-corrected chi connectivity index (χ3v) is 3.57. The molecule has 0 saturated carbocycles. The summed E-state index contributed by atoms with van der Waals surface area (Å²) in [5, 5.41) is 24.9. The minimum absolute atomic E-state index is 0.120. The number of hydrogen-bond acceptors (Lipinski definition) is 7. The van der Waals surface area contributed by atoms with Gasteiger partial charge in [0.1, 0.15) is 24.7 Å². The third-order valence-electron chi connectivity index (χ3n) is 3.57. The van der Waals surface area contributed by atoms with Crippen LogP contribution >= 0.6 is 0 Å².